The van der Waals surface area contributed by atoms with Crippen molar-refractivity contribution in [1.82, 2.24) is 4.98 Å². The van der Waals surface area contributed by atoms with Gasteiger partial charge in [-0.05, 0) is 24.3 Å². The molecule has 3 aromatic rings. The van der Waals surface area contributed by atoms with E-state index in [-0.39, 0.29) is 21.3 Å². The summed E-state index contributed by atoms with van der Waals surface area (Å²) in [5, 5.41) is 6.35. The van der Waals surface area contributed by atoms with Crippen molar-refractivity contribution >= 4 is 52.1 Å². The number of thiazole rings is 1. The van der Waals surface area contributed by atoms with E-state index < -0.39 is 11.9 Å². The van der Waals surface area contributed by atoms with Crippen LogP contribution in [-0.2, 0) is 9.63 Å². The minimum atomic E-state index is -0.876. The third-order valence-corrected chi connectivity index (χ3v) is 4.82. The quantitative estimate of drug-likeness (QED) is 0.381. The predicted molar refractivity (Wildman–Crippen MR) is 105 cm³/mol. The lowest BCUT2D eigenvalue weighted by molar-refractivity contribution is -0.112. The highest BCUT2D eigenvalue weighted by Crippen LogP contribution is 2.24. The second kappa shape index (κ2) is 8.30. The molecule has 2 aromatic carbocycles. The lowest BCUT2D eigenvalue weighted by atomic mass is 10.2. The third-order valence-electron chi connectivity index (χ3n) is 3.39. The molecule has 0 aliphatic rings. The number of oxime groups is 1. The summed E-state index contributed by atoms with van der Waals surface area (Å²) in [5.74, 6) is -1.69. The van der Waals surface area contributed by atoms with Gasteiger partial charge in [0, 0.05) is 16.0 Å². The van der Waals surface area contributed by atoms with Gasteiger partial charge < -0.3 is 10.6 Å². The normalized spacial score (nSPS) is 11.3. The van der Waals surface area contributed by atoms with Gasteiger partial charge >= 0.3 is 5.97 Å². The molecule has 0 aliphatic heterocycles. The highest BCUT2D eigenvalue weighted by molar-refractivity contribution is 7.13. The third kappa shape index (κ3) is 4.51. The van der Waals surface area contributed by atoms with E-state index in [0.717, 1.165) is 16.9 Å². The molecule has 0 spiro atoms. The van der Waals surface area contributed by atoms with Crippen molar-refractivity contribution in [2.45, 2.75) is 0 Å². The highest BCUT2D eigenvalue weighted by Gasteiger charge is 2.19. The zero-order valence-corrected chi connectivity index (χ0v) is 15.9. The van der Waals surface area contributed by atoms with Crippen LogP contribution < -0.4 is 5.73 Å². The number of carbonyl (C=O) groups excluding carboxylic acids is 2. The molecule has 0 unspecified atom stereocenters. The van der Waals surface area contributed by atoms with E-state index in [0.29, 0.717) is 10.7 Å². The molecule has 0 atom stereocenters. The molecule has 9 heteroatoms. The number of hydrogen-bond acceptors (Lipinski definition) is 6. The average molecular weight is 420 g/mol. The van der Waals surface area contributed by atoms with Crippen molar-refractivity contribution < 1.29 is 14.4 Å². The number of hydrogen-bond donors (Lipinski definition) is 1. The first-order valence-electron chi connectivity index (χ1n) is 7.51. The smallest absolute Gasteiger partial charge is 0.364 e. The van der Waals surface area contributed by atoms with E-state index in [1.807, 2.05) is 0 Å². The Balaban J connectivity index is 1.85. The summed E-state index contributed by atoms with van der Waals surface area (Å²) in [4.78, 5) is 33.0. The number of rotatable bonds is 5. The predicted octanol–water partition coefficient (Wildman–Crippen LogP) is 4.16. The van der Waals surface area contributed by atoms with Gasteiger partial charge in [0.05, 0.1) is 16.3 Å². The minimum Gasteiger partial charge on any atom is -0.364 e. The van der Waals surface area contributed by atoms with Gasteiger partial charge in [-0.25, -0.2) is 9.78 Å². The second-order valence-electron chi connectivity index (χ2n) is 5.21. The first kappa shape index (κ1) is 19.0. The Morgan fingerprint density at radius 3 is 2.44 bits per heavy atom. The Morgan fingerprint density at radius 1 is 1.07 bits per heavy atom. The number of amides is 1. The van der Waals surface area contributed by atoms with Crippen LogP contribution in [0.25, 0.3) is 11.3 Å². The maximum Gasteiger partial charge on any atom is 0.367 e. The van der Waals surface area contributed by atoms with Crippen LogP contribution in [0.15, 0.2) is 59.1 Å². The van der Waals surface area contributed by atoms with Crippen molar-refractivity contribution in [3.05, 3.63) is 74.5 Å². The summed E-state index contributed by atoms with van der Waals surface area (Å²) >= 11 is 13.0. The molecule has 27 heavy (non-hydrogen) atoms. The number of nitrogens with zero attached hydrogens (tertiary/aromatic N) is 2. The van der Waals surface area contributed by atoms with Crippen molar-refractivity contribution in [3.8, 4) is 11.3 Å². The Bertz CT molecular complexity index is 1030. The largest absolute Gasteiger partial charge is 0.367 e. The van der Waals surface area contributed by atoms with Crippen LogP contribution in [0.5, 0.6) is 0 Å². The van der Waals surface area contributed by atoms with E-state index in [2.05, 4.69) is 10.1 Å². The molecule has 0 fully saturated rings. The van der Waals surface area contributed by atoms with Gasteiger partial charge in [0.2, 0.25) is 5.71 Å². The van der Waals surface area contributed by atoms with Gasteiger partial charge in [0.25, 0.3) is 5.91 Å². The summed E-state index contributed by atoms with van der Waals surface area (Å²) in [6.07, 6.45) is 0. The van der Waals surface area contributed by atoms with E-state index in [9.17, 15) is 9.59 Å². The van der Waals surface area contributed by atoms with E-state index in [1.54, 1.807) is 41.8 Å². The summed E-state index contributed by atoms with van der Waals surface area (Å²) < 4.78 is 0. The fraction of sp³-hybridized carbons (Fsp3) is 0. The van der Waals surface area contributed by atoms with Crippen LogP contribution in [0.3, 0.4) is 0 Å². The first-order chi connectivity index (χ1) is 13.0. The molecule has 2 N–H and O–H groups in total. The fourth-order valence-electron chi connectivity index (χ4n) is 2.09. The number of halogens is 2. The zero-order chi connectivity index (χ0) is 19.4. The molecular weight excluding hydrogens is 409 g/mol. The number of primary amides is 1. The molecule has 0 saturated carbocycles. The molecule has 1 heterocycles. The molecule has 6 nitrogen and oxygen atoms in total. The number of aromatic nitrogens is 1. The maximum absolute atomic E-state index is 12.1. The highest BCUT2D eigenvalue weighted by atomic mass is 35.5. The van der Waals surface area contributed by atoms with Gasteiger partial charge in [-0.1, -0.05) is 52.6 Å². The standard InChI is InChI=1S/C18H11Cl2N3O3S/c19-11-7-5-10(6-8-11)14-9-27-17(22-14)15(16(21)24)23-26-18(25)12-3-1-2-4-13(12)20/h1-9H,(H2,21,24). The number of carbonyl (C=O) groups is 2. The van der Waals surface area contributed by atoms with Crippen LogP contribution >= 0.6 is 34.5 Å². The monoisotopic (exact) mass is 419 g/mol. The van der Waals surface area contributed by atoms with Crippen LogP contribution in [0, 0.1) is 0 Å². The van der Waals surface area contributed by atoms with Crippen LogP contribution in [0.2, 0.25) is 10.0 Å². The van der Waals surface area contributed by atoms with Gasteiger partial charge in [0.15, 0.2) is 5.01 Å². The lowest BCUT2D eigenvalue weighted by Crippen LogP contribution is -2.25. The van der Waals surface area contributed by atoms with E-state index >= 15 is 0 Å². The number of benzene rings is 2. The first-order valence-corrected chi connectivity index (χ1v) is 9.15. The van der Waals surface area contributed by atoms with Crippen molar-refractivity contribution in [2.75, 3.05) is 0 Å². The SMILES string of the molecule is NC(=O)C(=NOC(=O)c1ccccc1Cl)c1nc(-c2ccc(Cl)cc2)cs1. The van der Waals surface area contributed by atoms with E-state index in [1.165, 1.54) is 12.1 Å². The van der Waals surface area contributed by atoms with Crippen LogP contribution in [-0.4, -0.2) is 22.6 Å². The van der Waals surface area contributed by atoms with Gasteiger partial charge in [0.1, 0.15) is 0 Å². The van der Waals surface area contributed by atoms with Gasteiger partial charge in [-0.2, -0.15) is 0 Å². The van der Waals surface area contributed by atoms with E-state index in [4.69, 9.17) is 33.8 Å². The van der Waals surface area contributed by atoms with Gasteiger partial charge in [-0.3, -0.25) is 4.79 Å². The minimum absolute atomic E-state index is 0.118. The van der Waals surface area contributed by atoms with Crippen molar-refractivity contribution in [2.24, 2.45) is 10.9 Å². The van der Waals surface area contributed by atoms with Crippen molar-refractivity contribution in [3.63, 3.8) is 0 Å². The molecule has 1 amide bonds. The van der Waals surface area contributed by atoms with Crippen LogP contribution in [0.1, 0.15) is 15.4 Å². The molecule has 0 radical (unpaired) electrons. The van der Waals surface area contributed by atoms with Crippen molar-refractivity contribution in [1.29, 1.82) is 0 Å². The zero-order valence-electron chi connectivity index (χ0n) is 13.6. The second-order valence-corrected chi connectivity index (χ2v) is 6.91. The fourth-order valence-corrected chi connectivity index (χ4v) is 3.24. The maximum atomic E-state index is 12.1. The molecule has 0 bridgehead atoms. The number of nitrogens with two attached hydrogens (primary N) is 1. The summed E-state index contributed by atoms with van der Waals surface area (Å²) in [5.41, 5.74) is 6.62. The molecule has 1 aromatic heterocycles. The Hall–Kier alpha value is -2.74. The summed E-state index contributed by atoms with van der Waals surface area (Å²) in [6, 6.07) is 13.3. The van der Waals surface area contributed by atoms with Gasteiger partial charge in [-0.15, -0.1) is 11.3 Å². The Morgan fingerprint density at radius 2 is 1.78 bits per heavy atom. The summed E-state index contributed by atoms with van der Waals surface area (Å²) in [6.45, 7) is 0. The summed E-state index contributed by atoms with van der Waals surface area (Å²) in [7, 11) is 0. The van der Waals surface area contributed by atoms with Crippen LogP contribution in [0.4, 0.5) is 0 Å². The molecule has 0 aliphatic carbocycles. The molecule has 3 rings (SSSR count). The molecule has 136 valence electrons. The topological polar surface area (TPSA) is 94.6 Å². The Kier molecular flexibility index (Phi) is 5.85. The molecular formula is C18H11Cl2N3O3S. The average Bonchev–Trinajstić information content (AvgIpc) is 3.12. The lowest BCUT2D eigenvalue weighted by Gasteiger charge is -2.02. The Labute approximate surface area is 168 Å². The molecule has 0 saturated heterocycles.